The predicted molar refractivity (Wildman–Crippen MR) is 176 cm³/mol. The van der Waals surface area contributed by atoms with Gasteiger partial charge in [-0.25, -0.2) is 14.8 Å². The number of carboxylic acid groups (broad SMARTS) is 1. The highest BCUT2D eigenvalue weighted by molar-refractivity contribution is 7.15. The predicted octanol–water partition coefficient (Wildman–Crippen LogP) is 7.04. The van der Waals surface area contributed by atoms with Gasteiger partial charge in [-0.15, -0.1) is 11.3 Å². The minimum Gasteiger partial charge on any atom is -0.477 e. The summed E-state index contributed by atoms with van der Waals surface area (Å²) in [6.07, 6.45) is 5.75. The molecule has 1 amide bonds. The number of aromatic carboxylic acids is 1. The number of benzene rings is 1. The van der Waals surface area contributed by atoms with Crippen LogP contribution in [0.2, 0.25) is 0 Å². The number of nitrogens with one attached hydrogen (secondary N) is 1. The van der Waals surface area contributed by atoms with E-state index >= 15 is 0 Å². The Labute approximate surface area is 265 Å². The molecular weight excluding hydrogens is 586 g/mol. The smallest absolute Gasteiger partial charge is 0.352 e. The van der Waals surface area contributed by atoms with Crippen LogP contribution in [0.25, 0.3) is 44.1 Å². The van der Waals surface area contributed by atoms with Gasteiger partial charge in [0.25, 0.3) is 0 Å². The van der Waals surface area contributed by atoms with Crippen LogP contribution < -0.4 is 0 Å². The van der Waals surface area contributed by atoms with Gasteiger partial charge in [0.15, 0.2) is 0 Å². The molecule has 45 heavy (non-hydrogen) atoms. The zero-order chi connectivity index (χ0) is 31.1. The average Bonchev–Trinajstić information content (AvgIpc) is 3.78. The standard InChI is InChI=1S/C35H37N5O4S/c1-21-34(45-22(2)36-21)29-11-8-24-18-25(9-10-27(24)37-29)33-26(23-6-4-3-5-7-23)19-31(28-12-13-30(38-28)35(42)43)40(33)20-32(41)39-14-16-44-17-15-39/h8-13,18-19,23,38H,3-7,14-17,20H2,1-2H3,(H,42,43). The maximum absolute atomic E-state index is 13.8. The molecule has 232 valence electrons. The number of hydrogen-bond donors (Lipinski definition) is 2. The van der Waals surface area contributed by atoms with Crippen molar-refractivity contribution in [3.63, 3.8) is 0 Å². The number of thiazole rings is 1. The van der Waals surface area contributed by atoms with Gasteiger partial charge >= 0.3 is 5.97 Å². The number of pyridine rings is 1. The van der Waals surface area contributed by atoms with E-state index in [1.807, 2.05) is 18.7 Å². The Morgan fingerprint density at radius 3 is 2.51 bits per heavy atom. The van der Waals surface area contributed by atoms with Crippen LogP contribution in [-0.4, -0.2) is 67.7 Å². The Kier molecular flexibility index (Phi) is 8.01. The number of ether oxygens (including phenoxy) is 1. The molecule has 1 aromatic carbocycles. The molecule has 1 saturated heterocycles. The Morgan fingerprint density at radius 2 is 1.80 bits per heavy atom. The van der Waals surface area contributed by atoms with E-state index in [1.54, 1.807) is 23.5 Å². The lowest BCUT2D eigenvalue weighted by atomic mass is 9.83. The van der Waals surface area contributed by atoms with Crippen molar-refractivity contribution in [1.82, 2.24) is 24.4 Å². The quantitative estimate of drug-likeness (QED) is 0.201. The summed E-state index contributed by atoms with van der Waals surface area (Å²) in [6.45, 7) is 6.38. The molecular formula is C35H37N5O4S. The summed E-state index contributed by atoms with van der Waals surface area (Å²) < 4.78 is 7.61. The van der Waals surface area contributed by atoms with E-state index in [0.29, 0.717) is 37.9 Å². The van der Waals surface area contributed by atoms with Crippen molar-refractivity contribution < 1.29 is 19.4 Å². The Bertz CT molecular complexity index is 1890. The second-order valence-electron chi connectivity index (χ2n) is 12.1. The van der Waals surface area contributed by atoms with Gasteiger partial charge in [-0.1, -0.05) is 31.4 Å². The van der Waals surface area contributed by atoms with E-state index in [9.17, 15) is 14.7 Å². The number of H-pyrrole nitrogens is 1. The molecule has 1 aliphatic heterocycles. The second kappa shape index (κ2) is 12.3. The van der Waals surface area contributed by atoms with Crippen LogP contribution in [0.4, 0.5) is 0 Å². The summed E-state index contributed by atoms with van der Waals surface area (Å²) in [5.41, 5.74) is 7.70. The summed E-state index contributed by atoms with van der Waals surface area (Å²) in [4.78, 5) is 41.2. The molecule has 9 nitrogen and oxygen atoms in total. The first kappa shape index (κ1) is 29.4. The lowest BCUT2D eigenvalue weighted by Gasteiger charge is -2.28. The molecule has 7 rings (SSSR count). The van der Waals surface area contributed by atoms with Crippen LogP contribution in [0.15, 0.2) is 48.5 Å². The van der Waals surface area contributed by atoms with Crippen LogP contribution in [0.3, 0.4) is 0 Å². The number of nitrogens with zero attached hydrogens (tertiary/aromatic N) is 4. The van der Waals surface area contributed by atoms with E-state index < -0.39 is 5.97 Å². The molecule has 0 atom stereocenters. The first-order valence-corrected chi connectivity index (χ1v) is 16.5. The monoisotopic (exact) mass is 623 g/mol. The van der Waals surface area contributed by atoms with Crippen LogP contribution in [0.5, 0.6) is 0 Å². The van der Waals surface area contributed by atoms with Gasteiger partial charge in [0.05, 0.1) is 57.1 Å². The number of carboxylic acids is 1. The molecule has 2 fully saturated rings. The van der Waals surface area contributed by atoms with Crippen molar-refractivity contribution in [1.29, 1.82) is 0 Å². The van der Waals surface area contributed by atoms with Crippen LogP contribution >= 0.6 is 11.3 Å². The molecule has 1 saturated carbocycles. The third-order valence-electron chi connectivity index (χ3n) is 9.12. The normalized spacial score (nSPS) is 16.0. The Hall–Kier alpha value is -4.28. The molecule has 2 N–H and O–H groups in total. The Balaban J connectivity index is 1.38. The number of rotatable bonds is 7. The van der Waals surface area contributed by atoms with Crippen molar-refractivity contribution in [3.8, 4) is 33.2 Å². The van der Waals surface area contributed by atoms with Crippen LogP contribution in [0.1, 0.15) is 64.8 Å². The summed E-state index contributed by atoms with van der Waals surface area (Å²) >= 11 is 1.66. The molecule has 0 bridgehead atoms. The van der Waals surface area contributed by atoms with Gasteiger partial charge < -0.3 is 24.3 Å². The molecule has 4 aromatic heterocycles. The number of carbonyl (C=O) groups excluding carboxylic acids is 1. The van der Waals surface area contributed by atoms with Crippen molar-refractivity contribution in [2.24, 2.45) is 0 Å². The SMILES string of the molecule is Cc1nc(C)c(-c2ccc3cc(-c4c(C5CCCCC5)cc(-c5ccc(C(=O)O)[nH]5)n4CC(=O)N4CCOCC4)ccc3n2)s1. The number of hydrogen-bond acceptors (Lipinski definition) is 6. The number of morpholine rings is 1. The summed E-state index contributed by atoms with van der Waals surface area (Å²) in [5, 5.41) is 11.7. The first-order valence-electron chi connectivity index (χ1n) is 15.7. The third-order valence-corrected chi connectivity index (χ3v) is 10.2. The average molecular weight is 624 g/mol. The molecule has 5 heterocycles. The summed E-state index contributed by atoms with van der Waals surface area (Å²) in [7, 11) is 0. The zero-order valence-corrected chi connectivity index (χ0v) is 26.5. The number of aryl methyl sites for hydroxylation is 2. The number of aromatic nitrogens is 4. The minimum absolute atomic E-state index is 0.0268. The first-order chi connectivity index (χ1) is 21.9. The largest absolute Gasteiger partial charge is 0.477 e. The van der Waals surface area contributed by atoms with Crippen LogP contribution in [-0.2, 0) is 16.1 Å². The highest BCUT2D eigenvalue weighted by atomic mass is 32.1. The highest BCUT2D eigenvalue weighted by Crippen LogP contribution is 2.43. The second-order valence-corrected chi connectivity index (χ2v) is 13.3. The van der Waals surface area contributed by atoms with E-state index in [-0.39, 0.29) is 18.1 Å². The molecule has 10 heteroatoms. The van der Waals surface area contributed by atoms with E-state index in [4.69, 9.17) is 9.72 Å². The fraction of sp³-hybridized carbons (Fsp3) is 0.371. The molecule has 5 aromatic rings. The zero-order valence-electron chi connectivity index (χ0n) is 25.6. The number of carbonyl (C=O) groups is 2. The van der Waals surface area contributed by atoms with Gasteiger partial charge in [0, 0.05) is 18.5 Å². The van der Waals surface area contributed by atoms with Crippen molar-refractivity contribution in [3.05, 3.63) is 70.5 Å². The van der Waals surface area contributed by atoms with Crippen molar-refractivity contribution >= 4 is 34.1 Å². The molecule has 0 spiro atoms. The number of aromatic amines is 1. The molecule has 2 aliphatic rings. The number of amides is 1. The molecule has 1 aliphatic carbocycles. The van der Waals surface area contributed by atoms with Gasteiger partial charge in [-0.2, -0.15) is 0 Å². The van der Waals surface area contributed by atoms with Gasteiger partial charge in [0.1, 0.15) is 12.2 Å². The van der Waals surface area contributed by atoms with Crippen LogP contribution in [0, 0.1) is 13.8 Å². The van der Waals surface area contributed by atoms with Crippen molar-refractivity contribution in [2.75, 3.05) is 26.3 Å². The van der Waals surface area contributed by atoms with E-state index in [1.165, 1.54) is 24.8 Å². The fourth-order valence-corrected chi connectivity index (χ4v) is 7.78. The van der Waals surface area contributed by atoms with Gasteiger partial charge in [-0.3, -0.25) is 4.79 Å². The Morgan fingerprint density at radius 1 is 1.00 bits per heavy atom. The van der Waals surface area contributed by atoms with Gasteiger partial charge in [0.2, 0.25) is 5.91 Å². The molecule has 0 radical (unpaired) electrons. The lowest BCUT2D eigenvalue weighted by Crippen LogP contribution is -2.42. The highest BCUT2D eigenvalue weighted by Gasteiger charge is 2.28. The van der Waals surface area contributed by atoms with E-state index in [0.717, 1.165) is 62.0 Å². The summed E-state index contributed by atoms with van der Waals surface area (Å²) in [5.74, 6) is -0.629. The van der Waals surface area contributed by atoms with E-state index in [2.05, 4.69) is 50.9 Å². The maximum atomic E-state index is 13.8. The maximum Gasteiger partial charge on any atom is 0.352 e. The topological polar surface area (TPSA) is 113 Å². The number of fused-ring (bicyclic) bond motifs is 1. The third kappa shape index (κ3) is 5.80. The minimum atomic E-state index is -1.01. The fourth-order valence-electron chi connectivity index (χ4n) is 6.89. The molecule has 0 unspecified atom stereocenters. The van der Waals surface area contributed by atoms with Gasteiger partial charge in [-0.05, 0) is 80.1 Å². The van der Waals surface area contributed by atoms with Crippen molar-refractivity contribution in [2.45, 2.75) is 58.4 Å². The summed E-state index contributed by atoms with van der Waals surface area (Å²) in [6, 6.07) is 16.1. The lowest BCUT2D eigenvalue weighted by molar-refractivity contribution is -0.135.